The number of carbonyl (C=O) groups is 2. The first-order valence-corrected chi connectivity index (χ1v) is 6.67. The van der Waals surface area contributed by atoms with Gasteiger partial charge < -0.3 is 21.5 Å². The Kier molecular flexibility index (Phi) is 4.12. The van der Waals surface area contributed by atoms with Crippen LogP contribution in [0.2, 0.25) is 0 Å². The Morgan fingerprint density at radius 3 is 2.55 bits per heavy atom. The highest BCUT2D eigenvalue weighted by atomic mass is 16.3. The number of hydrogen-bond donors (Lipinski definition) is 3. The van der Waals surface area contributed by atoms with E-state index in [1.165, 1.54) is 17.0 Å². The fourth-order valence-corrected chi connectivity index (χ4v) is 2.64. The number of aromatic hydroxyl groups is 1. The molecule has 0 radical (unpaired) electrons. The molecule has 0 atom stereocenters. The number of rotatable bonds is 4. The largest absolute Gasteiger partial charge is 0.505 e. The molecular weight excluding hydrogens is 258 g/mol. The summed E-state index contributed by atoms with van der Waals surface area (Å²) in [6.07, 6.45) is 3.75. The molecule has 2 amide bonds. The number of nitrogens with two attached hydrogens (primary N) is 2. The van der Waals surface area contributed by atoms with Crippen molar-refractivity contribution in [1.29, 1.82) is 0 Å². The van der Waals surface area contributed by atoms with Gasteiger partial charge in [-0.3, -0.25) is 9.59 Å². The van der Waals surface area contributed by atoms with Crippen LogP contribution in [0.25, 0.3) is 0 Å². The van der Waals surface area contributed by atoms with E-state index in [2.05, 4.69) is 0 Å². The van der Waals surface area contributed by atoms with Crippen molar-refractivity contribution in [2.24, 2.45) is 5.73 Å². The van der Waals surface area contributed by atoms with Gasteiger partial charge in [-0.2, -0.15) is 0 Å². The second kappa shape index (κ2) is 5.81. The van der Waals surface area contributed by atoms with E-state index >= 15 is 0 Å². The monoisotopic (exact) mass is 277 g/mol. The van der Waals surface area contributed by atoms with Gasteiger partial charge in [-0.1, -0.05) is 18.9 Å². The zero-order valence-electron chi connectivity index (χ0n) is 11.2. The van der Waals surface area contributed by atoms with Gasteiger partial charge in [0.1, 0.15) is 0 Å². The molecule has 6 nitrogen and oxygen atoms in total. The number of nitrogen functional groups attached to an aromatic ring is 1. The third-order valence-corrected chi connectivity index (χ3v) is 3.65. The summed E-state index contributed by atoms with van der Waals surface area (Å²) in [5.74, 6) is -1.21. The highest BCUT2D eigenvalue weighted by Crippen LogP contribution is 2.29. The Hall–Kier alpha value is -2.24. The van der Waals surface area contributed by atoms with Crippen LogP contribution in [-0.4, -0.2) is 34.4 Å². The van der Waals surface area contributed by atoms with Crippen molar-refractivity contribution in [2.45, 2.75) is 31.7 Å². The second-order valence-electron chi connectivity index (χ2n) is 5.08. The van der Waals surface area contributed by atoms with Gasteiger partial charge in [-0.25, -0.2) is 0 Å². The molecule has 108 valence electrons. The average Bonchev–Trinajstić information content (AvgIpc) is 2.92. The number of primary amides is 1. The van der Waals surface area contributed by atoms with Crippen LogP contribution in [0.5, 0.6) is 5.75 Å². The predicted octanol–water partition coefficient (Wildman–Crippen LogP) is 0.844. The summed E-state index contributed by atoms with van der Waals surface area (Å²) in [5.41, 5.74) is 11.1. The topological polar surface area (TPSA) is 110 Å². The lowest BCUT2D eigenvalue weighted by Crippen LogP contribution is -2.44. The second-order valence-corrected chi connectivity index (χ2v) is 5.08. The summed E-state index contributed by atoms with van der Waals surface area (Å²) >= 11 is 0. The van der Waals surface area contributed by atoms with Gasteiger partial charge in [0.05, 0.1) is 17.8 Å². The zero-order chi connectivity index (χ0) is 14.7. The van der Waals surface area contributed by atoms with E-state index in [0.717, 1.165) is 25.7 Å². The molecule has 2 rings (SSSR count). The number of nitrogens with zero attached hydrogens (tertiary/aromatic N) is 1. The molecule has 1 aromatic carbocycles. The minimum atomic E-state index is -0.561. The van der Waals surface area contributed by atoms with Crippen LogP contribution in [0.3, 0.4) is 0 Å². The van der Waals surface area contributed by atoms with Gasteiger partial charge >= 0.3 is 0 Å². The van der Waals surface area contributed by atoms with Gasteiger partial charge in [-0.05, 0) is 25.0 Å². The van der Waals surface area contributed by atoms with Gasteiger partial charge in [0.25, 0.3) is 5.91 Å². The molecule has 0 heterocycles. The number of benzene rings is 1. The summed E-state index contributed by atoms with van der Waals surface area (Å²) in [7, 11) is 0. The van der Waals surface area contributed by atoms with E-state index < -0.39 is 11.8 Å². The van der Waals surface area contributed by atoms with E-state index in [1.54, 1.807) is 6.07 Å². The fourth-order valence-electron chi connectivity index (χ4n) is 2.64. The van der Waals surface area contributed by atoms with Crippen molar-refractivity contribution in [2.75, 3.05) is 12.3 Å². The number of phenols is 1. The van der Waals surface area contributed by atoms with Crippen molar-refractivity contribution in [3.05, 3.63) is 23.8 Å². The molecule has 1 aromatic rings. The summed E-state index contributed by atoms with van der Waals surface area (Å²) in [6.45, 7) is -0.141. The van der Waals surface area contributed by atoms with Crippen LogP contribution in [0, 0.1) is 0 Å². The average molecular weight is 277 g/mol. The van der Waals surface area contributed by atoms with E-state index in [9.17, 15) is 14.7 Å². The highest BCUT2D eigenvalue weighted by Gasteiger charge is 2.30. The maximum Gasteiger partial charge on any atom is 0.258 e. The lowest BCUT2D eigenvalue weighted by Gasteiger charge is -2.28. The molecule has 0 saturated heterocycles. The third kappa shape index (κ3) is 2.84. The Bertz CT molecular complexity index is 524. The summed E-state index contributed by atoms with van der Waals surface area (Å²) in [6, 6.07) is 4.60. The van der Waals surface area contributed by atoms with Crippen molar-refractivity contribution >= 4 is 17.5 Å². The van der Waals surface area contributed by atoms with Crippen LogP contribution in [0.1, 0.15) is 36.0 Å². The van der Waals surface area contributed by atoms with E-state index in [-0.39, 0.29) is 29.6 Å². The fraction of sp³-hybridized carbons (Fsp3) is 0.429. The Morgan fingerprint density at radius 1 is 1.30 bits per heavy atom. The smallest absolute Gasteiger partial charge is 0.258 e. The first kappa shape index (κ1) is 14.2. The molecule has 0 unspecified atom stereocenters. The summed E-state index contributed by atoms with van der Waals surface area (Å²) < 4.78 is 0. The van der Waals surface area contributed by atoms with Crippen molar-refractivity contribution in [3.63, 3.8) is 0 Å². The van der Waals surface area contributed by atoms with Gasteiger partial charge in [0, 0.05) is 6.04 Å². The molecular formula is C14H19N3O3. The number of anilines is 1. The minimum absolute atomic E-state index is 0.00386. The molecule has 1 fully saturated rings. The minimum Gasteiger partial charge on any atom is -0.505 e. The van der Waals surface area contributed by atoms with Gasteiger partial charge in [-0.15, -0.1) is 0 Å². The van der Waals surface area contributed by atoms with E-state index in [4.69, 9.17) is 11.5 Å². The maximum absolute atomic E-state index is 12.5. The molecule has 0 aliphatic heterocycles. The lowest BCUT2D eigenvalue weighted by molar-refractivity contribution is -0.119. The molecule has 1 aliphatic rings. The summed E-state index contributed by atoms with van der Waals surface area (Å²) in [5, 5.41) is 9.91. The number of amides is 2. The van der Waals surface area contributed by atoms with Gasteiger partial charge in [0.2, 0.25) is 5.91 Å². The van der Waals surface area contributed by atoms with Crippen LogP contribution in [0.15, 0.2) is 18.2 Å². The lowest BCUT2D eigenvalue weighted by atomic mass is 10.1. The molecule has 1 aliphatic carbocycles. The van der Waals surface area contributed by atoms with E-state index in [0.29, 0.717) is 0 Å². The quantitative estimate of drug-likeness (QED) is 0.559. The summed E-state index contributed by atoms with van der Waals surface area (Å²) in [4.78, 5) is 25.2. The molecule has 0 aromatic heterocycles. The molecule has 0 bridgehead atoms. The first-order chi connectivity index (χ1) is 9.50. The SMILES string of the molecule is NC(=O)CN(C(=O)c1cccc(N)c1O)C1CCCC1. The molecule has 0 spiro atoms. The highest BCUT2D eigenvalue weighted by molar-refractivity contribution is 6.00. The normalized spacial score (nSPS) is 15.2. The standard InChI is InChI=1S/C14H19N3O3/c15-11-7-3-6-10(13(11)19)14(20)17(8-12(16)18)9-4-1-2-5-9/h3,6-7,9,19H,1-2,4-5,8,15H2,(H2,16,18). The molecule has 1 saturated carbocycles. The molecule has 20 heavy (non-hydrogen) atoms. The Balaban J connectivity index is 2.29. The first-order valence-electron chi connectivity index (χ1n) is 6.67. The Morgan fingerprint density at radius 2 is 1.95 bits per heavy atom. The number of para-hydroxylation sites is 1. The number of hydrogen-bond acceptors (Lipinski definition) is 4. The number of phenolic OH excluding ortho intramolecular Hbond substituents is 1. The van der Waals surface area contributed by atoms with Crippen LogP contribution >= 0.6 is 0 Å². The van der Waals surface area contributed by atoms with Crippen LogP contribution in [-0.2, 0) is 4.79 Å². The predicted molar refractivity (Wildman–Crippen MR) is 75.0 cm³/mol. The third-order valence-electron chi connectivity index (χ3n) is 3.65. The zero-order valence-corrected chi connectivity index (χ0v) is 11.2. The van der Waals surface area contributed by atoms with E-state index in [1.807, 2.05) is 0 Å². The van der Waals surface area contributed by atoms with Crippen molar-refractivity contribution < 1.29 is 14.7 Å². The molecule has 6 heteroatoms. The van der Waals surface area contributed by atoms with Crippen LogP contribution in [0.4, 0.5) is 5.69 Å². The van der Waals surface area contributed by atoms with Gasteiger partial charge in [0.15, 0.2) is 5.75 Å². The maximum atomic E-state index is 12.5. The van der Waals surface area contributed by atoms with Crippen molar-refractivity contribution in [1.82, 2.24) is 4.90 Å². The van der Waals surface area contributed by atoms with Crippen LogP contribution < -0.4 is 11.5 Å². The van der Waals surface area contributed by atoms with Crippen molar-refractivity contribution in [3.8, 4) is 5.75 Å². The Labute approximate surface area is 117 Å². The molecule has 5 N–H and O–H groups in total. The number of carbonyl (C=O) groups excluding carboxylic acids is 2.